The topological polar surface area (TPSA) is 24.1 Å². The Morgan fingerprint density at radius 2 is 1.82 bits per heavy atom. The minimum Gasteiger partial charge on any atom is -0.321 e. The second-order valence-electron chi connectivity index (χ2n) is 3.58. The molecule has 0 aromatic heterocycles. The van der Waals surface area contributed by atoms with Crippen molar-refractivity contribution in [1.82, 2.24) is 5.43 Å². The van der Waals surface area contributed by atoms with E-state index in [-0.39, 0.29) is 5.82 Å². The number of hydrazine groups is 1. The molecule has 0 aliphatic rings. The van der Waals surface area contributed by atoms with Gasteiger partial charge in [0.15, 0.2) is 0 Å². The maximum absolute atomic E-state index is 12.9. The normalized spacial score (nSPS) is 10.2. The zero-order chi connectivity index (χ0) is 12.1. The van der Waals surface area contributed by atoms with Crippen LogP contribution in [0.15, 0.2) is 48.5 Å². The second-order valence-corrected chi connectivity index (χ2v) is 4.74. The number of para-hydroxylation sites is 1. The third-order valence-electron chi connectivity index (χ3n) is 2.30. The highest BCUT2D eigenvalue weighted by atomic mass is 127. The molecule has 0 unspecified atom stereocenters. The summed E-state index contributed by atoms with van der Waals surface area (Å²) in [4.78, 5) is 0. The van der Waals surface area contributed by atoms with Crippen LogP contribution in [-0.2, 0) is 6.54 Å². The lowest BCUT2D eigenvalue weighted by Gasteiger charge is -2.09. The smallest absolute Gasteiger partial charge is 0.124 e. The van der Waals surface area contributed by atoms with Crippen LogP contribution in [0.4, 0.5) is 10.1 Å². The molecule has 0 aliphatic carbocycles. The highest BCUT2D eigenvalue weighted by Gasteiger charge is 2.00. The first-order chi connectivity index (χ1) is 8.25. The summed E-state index contributed by atoms with van der Waals surface area (Å²) in [5.74, 6) is -0.200. The highest BCUT2D eigenvalue weighted by Crippen LogP contribution is 2.13. The van der Waals surface area contributed by atoms with E-state index in [1.165, 1.54) is 12.1 Å². The number of anilines is 1. The Balaban J connectivity index is 1.90. The molecule has 0 atom stereocenters. The van der Waals surface area contributed by atoms with Crippen molar-refractivity contribution in [3.63, 3.8) is 0 Å². The van der Waals surface area contributed by atoms with Gasteiger partial charge in [0, 0.05) is 15.8 Å². The first kappa shape index (κ1) is 12.3. The minimum atomic E-state index is -0.200. The van der Waals surface area contributed by atoms with Crippen molar-refractivity contribution in [3.05, 3.63) is 63.5 Å². The predicted molar refractivity (Wildman–Crippen MR) is 76.0 cm³/mol. The Kier molecular flexibility index (Phi) is 4.33. The summed E-state index contributed by atoms with van der Waals surface area (Å²) >= 11 is 2.13. The van der Waals surface area contributed by atoms with Gasteiger partial charge in [-0.05, 0) is 52.4 Å². The van der Waals surface area contributed by atoms with E-state index in [0.717, 1.165) is 14.8 Å². The van der Waals surface area contributed by atoms with Crippen LogP contribution in [0.2, 0.25) is 0 Å². The van der Waals surface area contributed by atoms with Gasteiger partial charge < -0.3 is 5.43 Å². The van der Waals surface area contributed by atoms with Gasteiger partial charge in [0.1, 0.15) is 5.82 Å². The summed E-state index contributed by atoms with van der Waals surface area (Å²) in [7, 11) is 0. The van der Waals surface area contributed by atoms with Gasteiger partial charge in [0.2, 0.25) is 0 Å². The predicted octanol–water partition coefficient (Wildman–Crippen LogP) is 3.55. The summed E-state index contributed by atoms with van der Waals surface area (Å²) in [6.07, 6.45) is 0. The van der Waals surface area contributed by atoms with Crippen molar-refractivity contribution in [2.75, 3.05) is 5.43 Å². The van der Waals surface area contributed by atoms with E-state index in [1.807, 2.05) is 30.3 Å². The lowest BCUT2D eigenvalue weighted by Crippen LogP contribution is -2.21. The lowest BCUT2D eigenvalue weighted by molar-refractivity contribution is 0.625. The third kappa shape index (κ3) is 3.67. The zero-order valence-electron chi connectivity index (χ0n) is 9.08. The highest BCUT2D eigenvalue weighted by molar-refractivity contribution is 14.1. The van der Waals surface area contributed by atoms with Gasteiger partial charge in [-0.3, -0.25) is 0 Å². The van der Waals surface area contributed by atoms with Crippen LogP contribution in [0.3, 0.4) is 0 Å². The van der Waals surface area contributed by atoms with Gasteiger partial charge in [-0.2, -0.15) is 0 Å². The van der Waals surface area contributed by atoms with Crippen molar-refractivity contribution in [2.24, 2.45) is 0 Å². The largest absolute Gasteiger partial charge is 0.321 e. The molecule has 0 saturated heterocycles. The number of halogens is 2. The molecule has 0 fully saturated rings. The quantitative estimate of drug-likeness (QED) is 0.656. The molecule has 2 aromatic carbocycles. The van der Waals surface area contributed by atoms with Crippen LogP contribution in [0, 0.1) is 9.39 Å². The van der Waals surface area contributed by atoms with E-state index in [9.17, 15) is 4.39 Å². The van der Waals surface area contributed by atoms with Crippen molar-refractivity contribution in [2.45, 2.75) is 6.54 Å². The number of rotatable bonds is 4. The molecular formula is C13H12FIN2. The molecule has 2 rings (SSSR count). The molecule has 0 aliphatic heterocycles. The second kappa shape index (κ2) is 5.97. The summed E-state index contributed by atoms with van der Waals surface area (Å²) in [5, 5.41) is 0. The van der Waals surface area contributed by atoms with E-state index in [0.29, 0.717) is 6.54 Å². The fourth-order valence-corrected chi connectivity index (χ4v) is 2.10. The van der Waals surface area contributed by atoms with E-state index in [4.69, 9.17) is 0 Å². The van der Waals surface area contributed by atoms with Crippen molar-refractivity contribution in [1.29, 1.82) is 0 Å². The van der Waals surface area contributed by atoms with Crippen LogP contribution < -0.4 is 10.9 Å². The lowest BCUT2D eigenvalue weighted by atomic mass is 10.2. The van der Waals surface area contributed by atoms with Gasteiger partial charge in [-0.1, -0.05) is 24.3 Å². The zero-order valence-corrected chi connectivity index (χ0v) is 11.2. The Hall–Kier alpha value is -1.14. The maximum Gasteiger partial charge on any atom is 0.124 e. The van der Waals surface area contributed by atoms with Crippen LogP contribution in [-0.4, -0.2) is 0 Å². The standard InChI is InChI=1S/C13H12FIN2/c14-11-7-6-10(13(15)8-11)9-16-17-12-4-2-1-3-5-12/h1-8,16-17H,9H2. The summed E-state index contributed by atoms with van der Waals surface area (Å²) in [6.45, 7) is 0.646. The van der Waals surface area contributed by atoms with Gasteiger partial charge in [-0.25, -0.2) is 9.82 Å². The molecule has 0 bridgehead atoms. The fraction of sp³-hybridized carbons (Fsp3) is 0.0769. The van der Waals surface area contributed by atoms with Crippen LogP contribution in [0.5, 0.6) is 0 Å². The first-order valence-electron chi connectivity index (χ1n) is 5.23. The molecule has 4 heteroatoms. The SMILES string of the molecule is Fc1ccc(CNNc2ccccc2)c(I)c1. The molecule has 0 radical (unpaired) electrons. The third-order valence-corrected chi connectivity index (χ3v) is 3.30. The summed E-state index contributed by atoms with van der Waals surface area (Å²) < 4.78 is 13.8. The Morgan fingerprint density at radius 3 is 2.53 bits per heavy atom. The Bertz CT molecular complexity index is 488. The van der Waals surface area contributed by atoms with E-state index in [2.05, 4.69) is 33.4 Å². The number of hydrogen-bond acceptors (Lipinski definition) is 2. The fourth-order valence-electron chi connectivity index (χ4n) is 1.43. The maximum atomic E-state index is 12.9. The Labute approximate surface area is 113 Å². The minimum absolute atomic E-state index is 0.200. The van der Waals surface area contributed by atoms with E-state index >= 15 is 0 Å². The average molecular weight is 342 g/mol. The number of hydrogen-bond donors (Lipinski definition) is 2. The molecule has 17 heavy (non-hydrogen) atoms. The van der Waals surface area contributed by atoms with Crippen molar-refractivity contribution < 1.29 is 4.39 Å². The first-order valence-corrected chi connectivity index (χ1v) is 6.31. The average Bonchev–Trinajstić information content (AvgIpc) is 2.33. The van der Waals surface area contributed by atoms with Gasteiger partial charge in [0.25, 0.3) is 0 Å². The molecule has 0 heterocycles. The van der Waals surface area contributed by atoms with Gasteiger partial charge in [-0.15, -0.1) is 0 Å². The molecule has 0 amide bonds. The van der Waals surface area contributed by atoms with Gasteiger partial charge >= 0.3 is 0 Å². The molecule has 88 valence electrons. The summed E-state index contributed by atoms with van der Waals surface area (Å²) in [6, 6.07) is 14.6. The molecule has 0 spiro atoms. The van der Waals surface area contributed by atoms with Crippen LogP contribution in [0.1, 0.15) is 5.56 Å². The van der Waals surface area contributed by atoms with E-state index < -0.39 is 0 Å². The summed E-state index contributed by atoms with van der Waals surface area (Å²) in [5.41, 5.74) is 8.26. The molecule has 2 N–H and O–H groups in total. The molecule has 0 saturated carbocycles. The van der Waals surface area contributed by atoms with Crippen LogP contribution in [0.25, 0.3) is 0 Å². The monoisotopic (exact) mass is 342 g/mol. The number of benzene rings is 2. The van der Waals surface area contributed by atoms with E-state index in [1.54, 1.807) is 6.07 Å². The molecular weight excluding hydrogens is 330 g/mol. The molecule has 2 aromatic rings. The van der Waals surface area contributed by atoms with Crippen LogP contribution >= 0.6 is 22.6 Å². The van der Waals surface area contributed by atoms with Crippen molar-refractivity contribution >= 4 is 28.3 Å². The number of nitrogens with one attached hydrogen (secondary N) is 2. The molecule has 2 nitrogen and oxygen atoms in total. The van der Waals surface area contributed by atoms with Gasteiger partial charge in [0.05, 0.1) is 0 Å². The van der Waals surface area contributed by atoms with Crippen molar-refractivity contribution in [3.8, 4) is 0 Å². The Morgan fingerprint density at radius 1 is 1.06 bits per heavy atom.